The van der Waals surface area contributed by atoms with E-state index in [2.05, 4.69) is 15.0 Å². The fourth-order valence-electron chi connectivity index (χ4n) is 1.90. The molecule has 5 nitrogen and oxygen atoms in total. The molecule has 1 N–H and O–H groups in total. The molecule has 1 amide bonds. The van der Waals surface area contributed by atoms with Gasteiger partial charge in [0.15, 0.2) is 12.4 Å². The summed E-state index contributed by atoms with van der Waals surface area (Å²) in [6.45, 7) is -0.774. The van der Waals surface area contributed by atoms with Crippen molar-refractivity contribution >= 4 is 40.9 Å². The van der Waals surface area contributed by atoms with Crippen molar-refractivity contribution in [3.63, 3.8) is 0 Å². The SMILES string of the molecule is O=C(COC(=O)Cc1c(F)cccc1Cl)Nc1ncc(C(F)(F)F)cc1Cl. The van der Waals surface area contributed by atoms with Gasteiger partial charge in [0.1, 0.15) is 5.82 Å². The minimum atomic E-state index is -4.64. The third kappa shape index (κ3) is 5.80. The molecule has 1 aromatic heterocycles. The third-order valence-corrected chi connectivity index (χ3v) is 3.82. The van der Waals surface area contributed by atoms with Gasteiger partial charge in [-0.05, 0) is 18.2 Å². The number of hydrogen-bond acceptors (Lipinski definition) is 4. The van der Waals surface area contributed by atoms with Gasteiger partial charge in [-0.25, -0.2) is 9.37 Å². The van der Waals surface area contributed by atoms with Crippen LogP contribution in [0, 0.1) is 5.82 Å². The van der Waals surface area contributed by atoms with E-state index in [0.29, 0.717) is 12.3 Å². The van der Waals surface area contributed by atoms with Crippen LogP contribution in [0.2, 0.25) is 10.0 Å². The number of amides is 1. The molecule has 0 aliphatic rings. The monoisotopic (exact) mass is 424 g/mol. The quantitative estimate of drug-likeness (QED) is 0.574. The summed E-state index contributed by atoms with van der Waals surface area (Å²) < 4.78 is 55.8. The third-order valence-electron chi connectivity index (χ3n) is 3.17. The number of pyridine rings is 1. The van der Waals surface area contributed by atoms with E-state index in [1.165, 1.54) is 12.1 Å². The predicted molar refractivity (Wildman–Crippen MR) is 89.0 cm³/mol. The van der Waals surface area contributed by atoms with E-state index in [4.69, 9.17) is 23.2 Å². The maximum absolute atomic E-state index is 13.6. The summed E-state index contributed by atoms with van der Waals surface area (Å²) in [5.41, 5.74) is -1.17. The molecule has 144 valence electrons. The van der Waals surface area contributed by atoms with E-state index >= 15 is 0 Å². The Hall–Kier alpha value is -2.39. The van der Waals surface area contributed by atoms with Gasteiger partial charge in [0.05, 0.1) is 17.0 Å². The lowest BCUT2D eigenvalue weighted by Crippen LogP contribution is -2.22. The lowest BCUT2D eigenvalue weighted by atomic mass is 10.1. The smallest absolute Gasteiger partial charge is 0.417 e. The highest BCUT2D eigenvalue weighted by Gasteiger charge is 2.31. The lowest BCUT2D eigenvalue weighted by molar-refractivity contribution is -0.146. The van der Waals surface area contributed by atoms with Gasteiger partial charge in [-0.3, -0.25) is 9.59 Å². The number of esters is 1. The van der Waals surface area contributed by atoms with Crippen LogP contribution in [0.5, 0.6) is 0 Å². The molecule has 0 saturated carbocycles. The Labute approximate surface area is 160 Å². The lowest BCUT2D eigenvalue weighted by Gasteiger charge is -2.10. The van der Waals surface area contributed by atoms with Crippen molar-refractivity contribution in [1.82, 2.24) is 4.98 Å². The van der Waals surface area contributed by atoms with Crippen LogP contribution in [0.25, 0.3) is 0 Å². The fraction of sp³-hybridized carbons (Fsp3) is 0.188. The molecule has 0 atom stereocenters. The Morgan fingerprint density at radius 3 is 2.48 bits per heavy atom. The molecule has 2 rings (SSSR count). The van der Waals surface area contributed by atoms with Gasteiger partial charge in [0.2, 0.25) is 0 Å². The van der Waals surface area contributed by atoms with Crippen LogP contribution in [0.1, 0.15) is 11.1 Å². The molecule has 1 aromatic carbocycles. The number of alkyl halides is 3. The van der Waals surface area contributed by atoms with Gasteiger partial charge in [-0.2, -0.15) is 13.2 Å². The van der Waals surface area contributed by atoms with Crippen LogP contribution in [-0.4, -0.2) is 23.5 Å². The van der Waals surface area contributed by atoms with Crippen molar-refractivity contribution in [2.75, 3.05) is 11.9 Å². The van der Waals surface area contributed by atoms with Crippen LogP contribution in [0.4, 0.5) is 23.4 Å². The zero-order valence-corrected chi connectivity index (χ0v) is 14.8. The number of carbonyl (C=O) groups is 2. The number of rotatable bonds is 5. The van der Waals surface area contributed by atoms with Crippen LogP contribution in [-0.2, 0) is 26.9 Å². The summed E-state index contributed by atoms with van der Waals surface area (Å²) in [5.74, 6) is -2.85. The number of nitrogens with zero attached hydrogens (tertiary/aromatic N) is 1. The average molecular weight is 425 g/mol. The summed E-state index contributed by atoms with van der Waals surface area (Å²) in [6.07, 6.45) is -4.64. The van der Waals surface area contributed by atoms with E-state index < -0.39 is 47.5 Å². The number of ether oxygens (including phenoxy) is 1. The molecule has 0 radical (unpaired) electrons. The van der Waals surface area contributed by atoms with E-state index in [0.717, 1.165) is 6.07 Å². The van der Waals surface area contributed by atoms with Gasteiger partial charge in [-0.1, -0.05) is 29.3 Å². The number of anilines is 1. The Bertz CT molecular complexity index is 855. The standard InChI is InChI=1S/C16H10Cl2F4N2O3/c17-10-2-1-3-12(19)9(10)5-14(26)27-7-13(25)24-15-11(18)4-8(6-23-15)16(20,21)22/h1-4,6H,5,7H2,(H,23,24,25). The number of hydrogen-bond donors (Lipinski definition) is 1. The van der Waals surface area contributed by atoms with Crippen LogP contribution < -0.4 is 5.32 Å². The number of halogens is 6. The van der Waals surface area contributed by atoms with Gasteiger partial charge >= 0.3 is 12.1 Å². The maximum Gasteiger partial charge on any atom is 0.417 e. The maximum atomic E-state index is 13.6. The molecule has 0 saturated heterocycles. The number of carbonyl (C=O) groups excluding carboxylic acids is 2. The molecule has 2 aromatic rings. The first-order chi connectivity index (χ1) is 12.6. The van der Waals surface area contributed by atoms with Crippen LogP contribution in [0.3, 0.4) is 0 Å². The molecule has 0 fully saturated rings. The zero-order valence-electron chi connectivity index (χ0n) is 13.2. The van der Waals surface area contributed by atoms with Gasteiger partial charge in [-0.15, -0.1) is 0 Å². The minimum Gasteiger partial charge on any atom is -0.455 e. The van der Waals surface area contributed by atoms with E-state index in [1.54, 1.807) is 0 Å². The topological polar surface area (TPSA) is 68.3 Å². The summed E-state index contributed by atoms with van der Waals surface area (Å²) in [6, 6.07) is 4.45. The van der Waals surface area contributed by atoms with E-state index in [1.807, 2.05) is 0 Å². The molecule has 0 bridgehead atoms. The molecular weight excluding hydrogens is 415 g/mol. The number of aromatic nitrogens is 1. The minimum absolute atomic E-state index is 0.0251. The van der Waals surface area contributed by atoms with Gasteiger partial charge in [0.25, 0.3) is 5.91 Å². The largest absolute Gasteiger partial charge is 0.455 e. The second-order valence-corrected chi connectivity index (χ2v) is 5.95. The second kappa shape index (κ2) is 8.53. The summed E-state index contributed by atoms with van der Waals surface area (Å²) >= 11 is 11.4. The molecule has 0 spiro atoms. The first-order valence-corrected chi connectivity index (χ1v) is 7.94. The molecule has 0 aliphatic carbocycles. The summed E-state index contributed by atoms with van der Waals surface area (Å²) in [7, 11) is 0. The molecule has 27 heavy (non-hydrogen) atoms. The summed E-state index contributed by atoms with van der Waals surface area (Å²) in [5, 5.41) is 1.69. The van der Waals surface area contributed by atoms with Crippen LogP contribution in [0.15, 0.2) is 30.5 Å². The molecular formula is C16H10Cl2F4N2O3. The van der Waals surface area contributed by atoms with Crippen LogP contribution >= 0.6 is 23.2 Å². The fourth-order valence-corrected chi connectivity index (χ4v) is 2.34. The van der Waals surface area contributed by atoms with Crippen molar-refractivity contribution in [2.24, 2.45) is 0 Å². The van der Waals surface area contributed by atoms with Gasteiger partial charge in [0, 0.05) is 16.8 Å². The van der Waals surface area contributed by atoms with E-state index in [-0.39, 0.29) is 16.4 Å². The highest BCUT2D eigenvalue weighted by molar-refractivity contribution is 6.33. The molecule has 0 unspecified atom stereocenters. The van der Waals surface area contributed by atoms with Crippen molar-refractivity contribution in [3.8, 4) is 0 Å². The summed E-state index contributed by atoms with van der Waals surface area (Å²) in [4.78, 5) is 26.8. The normalized spacial score (nSPS) is 11.2. The van der Waals surface area contributed by atoms with Crippen molar-refractivity contribution in [3.05, 3.63) is 57.5 Å². The van der Waals surface area contributed by atoms with Crippen molar-refractivity contribution in [2.45, 2.75) is 12.6 Å². The van der Waals surface area contributed by atoms with E-state index in [9.17, 15) is 27.2 Å². The first-order valence-electron chi connectivity index (χ1n) is 7.19. The molecule has 11 heteroatoms. The Morgan fingerprint density at radius 1 is 1.19 bits per heavy atom. The van der Waals surface area contributed by atoms with Gasteiger partial charge < -0.3 is 10.1 Å². The molecule has 1 heterocycles. The highest BCUT2D eigenvalue weighted by atomic mass is 35.5. The van der Waals surface area contributed by atoms with Crippen molar-refractivity contribution in [1.29, 1.82) is 0 Å². The average Bonchev–Trinajstić information content (AvgIpc) is 2.57. The highest BCUT2D eigenvalue weighted by Crippen LogP contribution is 2.32. The Balaban J connectivity index is 1.92. The van der Waals surface area contributed by atoms with Crippen molar-refractivity contribution < 1.29 is 31.9 Å². The Morgan fingerprint density at radius 2 is 1.89 bits per heavy atom. The Kier molecular flexibility index (Phi) is 6.61. The number of nitrogens with one attached hydrogen (secondary N) is 1. The predicted octanol–water partition coefficient (Wildman–Crippen LogP) is 4.27. The second-order valence-electron chi connectivity index (χ2n) is 5.14. The number of benzene rings is 1. The first kappa shape index (κ1) is 20.9. The zero-order chi connectivity index (χ0) is 20.2. The molecule has 0 aliphatic heterocycles.